The number of rotatable bonds is 3. The third kappa shape index (κ3) is 2.56. The summed E-state index contributed by atoms with van der Waals surface area (Å²) in [6.45, 7) is 1.81. The van der Waals surface area contributed by atoms with Crippen LogP contribution in [0.5, 0.6) is 0 Å². The lowest BCUT2D eigenvalue weighted by atomic mass is 10.2. The van der Waals surface area contributed by atoms with Gasteiger partial charge >= 0.3 is 0 Å². The smallest absolute Gasteiger partial charge is 0.161 e. The van der Waals surface area contributed by atoms with Crippen molar-refractivity contribution in [3.63, 3.8) is 0 Å². The number of Topliss-reactive ketones (excluding diaryl/α,β-unsaturated/α-hetero) is 1. The minimum absolute atomic E-state index is 0.0108. The maximum Gasteiger partial charge on any atom is 0.161 e. The van der Waals surface area contributed by atoms with E-state index in [0.29, 0.717) is 22.7 Å². The molecular weight excluding hydrogens is 241 g/mol. The van der Waals surface area contributed by atoms with Crippen LogP contribution in [0.1, 0.15) is 22.8 Å². The van der Waals surface area contributed by atoms with Gasteiger partial charge in [0.05, 0.1) is 6.54 Å². The van der Waals surface area contributed by atoms with Gasteiger partial charge in [0.15, 0.2) is 5.78 Å². The molecule has 0 atom stereocenters. The largest absolute Gasteiger partial charge is 0.349 e. The zero-order chi connectivity index (χ0) is 12.4. The molecule has 0 amide bonds. The van der Waals surface area contributed by atoms with Crippen LogP contribution in [0.25, 0.3) is 0 Å². The normalized spacial score (nSPS) is 10.5. The van der Waals surface area contributed by atoms with Crippen molar-refractivity contribution in [3.8, 4) is 0 Å². The van der Waals surface area contributed by atoms with E-state index in [-0.39, 0.29) is 11.6 Å². The number of ketones is 1. The Kier molecular flexibility index (Phi) is 3.29. The van der Waals surface area contributed by atoms with Crippen LogP contribution < -0.4 is 0 Å². The highest BCUT2D eigenvalue weighted by Gasteiger charge is 2.08. The van der Waals surface area contributed by atoms with Crippen LogP contribution in [0, 0.1) is 5.82 Å². The van der Waals surface area contributed by atoms with E-state index in [1.807, 2.05) is 0 Å². The highest BCUT2D eigenvalue weighted by Crippen LogP contribution is 2.20. The van der Waals surface area contributed by atoms with Crippen molar-refractivity contribution in [2.24, 2.45) is 0 Å². The van der Waals surface area contributed by atoms with Gasteiger partial charge in [-0.3, -0.25) is 4.79 Å². The van der Waals surface area contributed by atoms with Crippen molar-refractivity contribution in [2.45, 2.75) is 13.5 Å². The first-order chi connectivity index (χ1) is 8.08. The van der Waals surface area contributed by atoms with Gasteiger partial charge in [0.2, 0.25) is 0 Å². The molecule has 2 rings (SSSR count). The van der Waals surface area contributed by atoms with E-state index in [1.54, 1.807) is 35.2 Å². The van der Waals surface area contributed by atoms with Gasteiger partial charge in [0.25, 0.3) is 0 Å². The minimum atomic E-state index is -0.337. The molecule has 0 aliphatic rings. The Morgan fingerprint density at radius 3 is 2.76 bits per heavy atom. The Balaban J connectivity index is 2.28. The summed E-state index contributed by atoms with van der Waals surface area (Å²) in [6.07, 6.45) is 3.42. The van der Waals surface area contributed by atoms with Crippen molar-refractivity contribution in [1.29, 1.82) is 0 Å². The quantitative estimate of drug-likeness (QED) is 0.765. The van der Waals surface area contributed by atoms with Gasteiger partial charge in [-0.05, 0) is 25.1 Å². The van der Waals surface area contributed by atoms with E-state index >= 15 is 0 Å². The highest BCUT2D eigenvalue weighted by molar-refractivity contribution is 6.31. The van der Waals surface area contributed by atoms with Crippen LogP contribution in [0.2, 0.25) is 5.02 Å². The molecule has 0 saturated carbocycles. The predicted octanol–water partition coefficient (Wildman–Crippen LogP) is 3.53. The van der Waals surface area contributed by atoms with E-state index in [4.69, 9.17) is 11.6 Å². The number of benzene rings is 1. The van der Waals surface area contributed by atoms with Crippen molar-refractivity contribution in [1.82, 2.24) is 4.57 Å². The number of hydrogen-bond donors (Lipinski definition) is 0. The second-order valence-electron chi connectivity index (χ2n) is 3.83. The number of carbonyl (C=O) groups is 1. The lowest BCUT2D eigenvalue weighted by Crippen LogP contribution is -2.00. The molecule has 0 aliphatic heterocycles. The minimum Gasteiger partial charge on any atom is -0.349 e. The molecule has 0 bridgehead atoms. The van der Waals surface area contributed by atoms with Crippen LogP contribution in [0.3, 0.4) is 0 Å². The summed E-state index contributed by atoms with van der Waals surface area (Å²) in [5, 5.41) is 0.392. The second kappa shape index (κ2) is 4.72. The molecular formula is C13H11ClFNO. The van der Waals surface area contributed by atoms with E-state index in [0.717, 1.165) is 0 Å². The third-order valence-electron chi connectivity index (χ3n) is 2.56. The van der Waals surface area contributed by atoms with Crippen LogP contribution in [-0.2, 0) is 6.54 Å². The molecule has 2 nitrogen and oxygen atoms in total. The zero-order valence-corrected chi connectivity index (χ0v) is 10.0. The maximum atomic E-state index is 13.5. The molecule has 88 valence electrons. The molecule has 0 unspecified atom stereocenters. The lowest BCUT2D eigenvalue weighted by Gasteiger charge is -2.06. The fraction of sp³-hybridized carbons (Fsp3) is 0.154. The van der Waals surface area contributed by atoms with Gasteiger partial charge in [-0.15, -0.1) is 0 Å². The summed E-state index contributed by atoms with van der Waals surface area (Å²) in [5.74, 6) is -0.348. The Morgan fingerprint density at radius 1 is 1.41 bits per heavy atom. The van der Waals surface area contributed by atoms with E-state index in [2.05, 4.69) is 0 Å². The molecule has 0 fully saturated rings. The summed E-state index contributed by atoms with van der Waals surface area (Å²) in [6, 6.07) is 6.29. The molecule has 0 spiro atoms. The van der Waals surface area contributed by atoms with Crippen molar-refractivity contribution >= 4 is 17.4 Å². The highest BCUT2D eigenvalue weighted by atomic mass is 35.5. The summed E-state index contributed by atoms with van der Waals surface area (Å²) >= 11 is 5.93. The summed E-state index contributed by atoms with van der Waals surface area (Å²) in [7, 11) is 0. The van der Waals surface area contributed by atoms with E-state index < -0.39 is 0 Å². The van der Waals surface area contributed by atoms with Gasteiger partial charge < -0.3 is 4.57 Å². The SMILES string of the molecule is CC(=O)c1ccn(Cc2c(F)cccc2Cl)c1. The maximum absolute atomic E-state index is 13.5. The van der Waals surface area contributed by atoms with Gasteiger partial charge in [0, 0.05) is 28.5 Å². The molecule has 1 heterocycles. The number of halogens is 2. The van der Waals surface area contributed by atoms with Gasteiger partial charge in [0.1, 0.15) is 5.82 Å². The number of carbonyl (C=O) groups excluding carboxylic acids is 1. The van der Waals surface area contributed by atoms with Crippen molar-refractivity contribution in [2.75, 3.05) is 0 Å². The average molecular weight is 252 g/mol. The predicted molar refractivity (Wildman–Crippen MR) is 64.9 cm³/mol. The summed E-state index contributed by atoms with van der Waals surface area (Å²) in [4.78, 5) is 11.1. The number of hydrogen-bond acceptors (Lipinski definition) is 1. The van der Waals surface area contributed by atoms with Crippen LogP contribution in [0.15, 0.2) is 36.7 Å². The first kappa shape index (κ1) is 11.9. The Morgan fingerprint density at radius 2 is 2.18 bits per heavy atom. The van der Waals surface area contributed by atoms with Gasteiger partial charge in [-0.25, -0.2) is 4.39 Å². The topological polar surface area (TPSA) is 22.0 Å². The Bertz CT molecular complexity index is 542. The molecule has 0 saturated heterocycles. The number of nitrogens with zero attached hydrogens (tertiary/aromatic N) is 1. The Hall–Kier alpha value is -1.61. The van der Waals surface area contributed by atoms with Crippen molar-refractivity contribution in [3.05, 3.63) is 58.6 Å². The fourth-order valence-corrected chi connectivity index (χ4v) is 1.84. The lowest BCUT2D eigenvalue weighted by molar-refractivity contribution is 0.101. The molecule has 1 aromatic carbocycles. The fourth-order valence-electron chi connectivity index (χ4n) is 1.61. The average Bonchev–Trinajstić information content (AvgIpc) is 2.72. The standard InChI is InChI=1S/C13H11ClFNO/c1-9(17)10-5-6-16(7-10)8-11-12(14)3-2-4-13(11)15/h2-7H,8H2,1H3. The monoisotopic (exact) mass is 251 g/mol. The van der Waals surface area contributed by atoms with Crippen molar-refractivity contribution < 1.29 is 9.18 Å². The zero-order valence-electron chi connectivity index (χ0n) is 9.28. The molecule has 4 heteroatoms. The molecule has 2 aromatic rings. The molecule has 1 aromatic heterocycles. The van der Waals surface area contributed by atoms with Crippen LogP contribution in [0.4, 0.5) is 4.39 Å². The molecule has 0 N–H and O–H groups in total. The number of aromatic nitrogens is 1. The summed E-state index contributed by atoms with van der Waals surface area (Å²) in [5.41, 5.74) is 1.04. The van der Waals surface area contributed by atoms with E-state index in [1.165, 1.54) is 13.0 Å². The molecule has 17 heavy (non-hydrogen) atoms. The van der Waals surface area contributed by atoms with Gasteiger partial charge in [-0.1, -0.05) is 17.7 Å². The van der Waals surface area contributed by atoms with E-state index in [9.17, 15) is 9.18 Å². The van der Waals surface area contributed by atoms with Crippen LogP contribution in [-0.4, -0.2) is 10.4 Å². The summed E-state index contributed by atoms with van der Waals surface area (Å²) < 4.78 is 15.3. The third-order valence-corrected chi connectivity index (χ3v) is 2.91. The van der Waals surface area contributed by atoms with Gasteiger partial charge in [-0.2, -0.15) is 0 Å². The Labute approximate surface area is 104 Å². The first-order valence-electron chi connectivity index (χ1n) is 5.17. The molecule has 0 radical (unpaired) electrons. The van der Waals surface area contributed by atoms with Crippen LogP contribution >= 0.6 is 11.6 Å². The second-order valence-corrected chi connectivity index (χ2v) is 4.24. The molecule has 0 aliphatic carbocycles. The first-order valence-corrected chi connectivity index (χ1v) is 5.55.